The molecule has 0 heterocycles. The summed E-state index contributed by atoms with van der Waals surface area (Å²) in [4.78, 5) is 11.8. The zero-order valence-electron chi connectivity index (χ0n) is 23.7. The van der Waals surface area contributed by atoms with E-state index >= 15 is 0 Å². The third kappa shape index (κ3) is 4.07. The van der Waals surface area contributed by atoms with Crippen LogP contribution in [-0.2, 0) is 9.53 Å². The van der Waals surface area contributed by atoms with Crippen LogP contribution in [0.3, 0.4) is 0 Å². The fourth-order valence-electron chi connectivity index (χ4n) is 10.4. The summed E-state index contributed by atoms with van der Waals surface area (Å²) in [7, 11) is 0. The molecule has 0 saturated heterocycles. The van der Waals surface area contributed by atoms with Crippen molar-refractivity contribution in [3.63, 3.8) is 0 Å². The van der Waals surface area contributed by atoms with E-state index in [1.807, 2.05) is 6.92 Å². The van der Waals surface area contributed by atoms with E-state index in [2.05, 4.69) is 47.8 Å². The standard InChI is InChI=1S/C32H52O3/c1-20(2)25(34)12-10-21(3)23-14-18-31(8)24(23)11-13-27-30(7)17-16-28(35-22(4)33)29(5,6)26(30)15-19-32(27,31)9/h23-28,34H,1,3,10-19H2,2,4-9H3/t23-,24-,25?,26?,27-,28+,30+,31-,32-/m1/s1. The number of hydrogen-bond donors (Lipinski definition) is 1. The Morgan fingerprint density at radius 1 is 0.914 bits per heavy atom. The molecule has 0 radical (unpaired) electrons. The second kappa shape index (κ2) is 9.03. The van der Waals surface area contributed by atoms with Crippen molar-refractivity contribution >= 4 is 5.97 Å². The van der Waals surface area contributed by atoms with Crippen LogP contribution in [0.2, 0.25) is 0 Å². The minimum absolute atomic E-state index is 0.0222. The predicted molar refractivity (Wildman–Crippen MR) is 144 cm³/mol. The van der Waals surface area contributed by atoms with Crippen molar-refractivity contribution in [1.82, 2.24) is 0 Å². The van der Waals surface area contributed by atoms with Crippen molar-refractivity contribution < 1.29 is 14.6 Å². The maximum Gasteiger partial charge on any atom is 0.302 e. The normalized spacial score (nSPS) is 45.0. The first-order valence-corrected chi connectivity index (χ1v) is 14.4. The van der Waals surface area contributed by atoms with Crippen molar-refractivity contribution in [2.24, 2.45) is 45.3 Å². The Kier molecular flexibility index (Phi) is 6.96. The van der Waals surface area contributed by atoms with Gasteiger partial charge < -0.3 is 9.84 Å². The average molecular weight is 485 g/mol. The van der Waals surface area contributed by atoms with Gasteiger partial charge in [-0.15, -0.1) is 0 Å². The molecule has 9 atom stereocenters. The van der Waals surface area contributed by atoms with Gasteiger partial charge in [0.05, 0.1) is 6.10 Å². The van der Waals surface area contributed by atoms with Crippen LogP contribution < -0.4 is 0 Å². The van der Waals surface area contributed by atoms with Gasteiger partial charge in [0, 0.05) is 12.3 Å². The molecule has 0 aromatic carbocycles. The van der Waals surface area contributed by atoms with Crippen molar-refractivity contribution in [3.05, 3.63) is 24.3 Å². The van der Waals surface area contributed by atoms with Crippen molar-refractivity contribution in [1.29, 1.82) is 0 Å². The first-order valence-electron chi connectivity index (χ1n) is 14.4. The highest BCUT2D eigenvalue weighted by atomic mass is 16.5. The maximum atomic E-state index is 11.8. The van der Waals surface area contributed by atoms with Gasteiger partial charge in [0.2, 0.25) is 0 Å². The van der Waals surface area contributed by atoms with E-state index in [4.69, 9.17) is 4.74 Å². The van der Waals surface area contributed by atoms with Crippen LogP contribution in [0.5, 0.6) is 0 Å². The average Bonchev–Trinajstić information content (AvgIpc) is 3.12. The van der Waals surface area contributed by atoms with Gasteiger partial charge in [0.1, 0.15) is 6.10 Å². The topological polar surface area (TPSA) is 46.5 Å². The molecule has 35 heavy (non-hydrogen) atoms. The molecule has 4 rings (SSSR count). The largest absolute Gasteiger partial charge is 0.462 e. The molecule has 0 spiro atoms. The highest BCUT2D eigenvalue weighted by Crippen LogP contribution is 2.75. The van der Waals surface area contributed by atoms with Crippen molar-refractivity contribution in [2.75, 3.05) is 0 Å². The van der Waals surface area contributed by atoms with Gasteiger partial charge in [-0.1, -0.05) is 58.9 Å². The molecule has 3 heteroatoms. The molecule has 3 nitrogen and oxygen atoms in total. The lowest BCUT2D eigenvalue weighted by molar-refractivity contribution is -0.226. The molecule has 198 valence electrons. The summed E-state index contributed by atoms with van der Waals surface area (Å²) in [5.41, 5.74) is 3.25. The van der Waals surface area contributed by atoms with E-state index in [0.29, 0.717) is 34.0 Å². The van der Waals surface area contributed by atoms with Gasteiger partial charge in [-0.2, -0.15) is 0 Å². The van der Waals surface area contributed by atoms with E-state index in [1.54, 1.807) is 6.92 Å². The van der Waals surface area contributed by atoms with Crippen LogP contribution in [0.15, 0.2) is 24.3 Å². The van der Waals surface area contributed by atoms with Gasteiger partial charge in [-0.3, -0.25) is 4.79 Å². The molecular formula is C32H52O3. The third-order valence-electron chi connectivity index (χ3n) is 12.5. The summed E-state index contributed by atoms with van der Waals surface area (Å²) in [5.74, 6) is 2.50. The van der Waals surface area contributed by atoms with Gasteiger partial charge in [-0.25, -0.2) is 0 Å². The number of allylic oxidation sites excluding steroid dienone is 1. The Balaban J connectivity index is 1.56. The highest BCUT2D eigenvalue weighted by Gasteiger charge is 2.68. The van der Waals surface area contributed by atoms with E-state index in [9.17, 15) is 9.90 Å². The minimum atomic E-state index is -0.409. The first kappa shape index (κ1) is 27.0. The Hall–Kier alpha value is -1.09. The molecule has 4 saturated carbocycles. The molecule has 2 unspecified atom stereocenters. The Labute approximate surface area is 215 Å². The smallest absolute Gasteiger partial charge is 0.302 e. The lowest BCUT2D eigenvalue weighted by Gasteiger charge is -2.70. The van der Waals surface area contributed by atoms with Crippen molar-refractivity contribution in [3.8, 4) is 0 Å². The van der Waals surface area contributed by atoms with E-state index in [-0.39, 0.29) is 17.5 Å². The van der Waals surface area contributed by atoms with Gasteiger partial charge in [0.15, 0.2) is 0 Å². The molecular weight excluding hydrogens is 432 g/mol. The fraction of sp³-hybridized carbons (Fsp3) is 0.844. The number of aliphatic hydroxyl groups is 1. The van der Waals surface area contributed by atoms with Crippen LogP contribution in [0.1, 0.15) is 113 Å². The summed E-state index contributed by atoms with van der Waals surface area (Å²) in [6.07, 6.45) is 11.2. The van der Waals surface area contributed by atoms with E-state index < -0.39 is 6.10 Å². The molecule has 0 aliphatic heterocycles. The number of ether oxygens (including phenoxy) is 1. The lowest BCUT2D eigenvalue weighted by atomic mass is 9.35. The summed E-state index contributed by atoms with van der Waals surface area (Å²) < 4.78 is 5.87. The van der Waals surface area contributed by atoms with Crippen molar-refractivity contribution in [2.45, 2.75) is 125 Å². The molecule has 4 fully saturated rings. The Morgan fingerprint density at radius 2 is 1.57 bits per heavy atom. The lowest BCUT2D eigenvalue weighted by Crippen LogP contribution is -2.64. The second-order valence-corrected chi connectivity index (χ2v) is 14.3. The zero-order chi connectivity index (χ0) is 26.0. The number of carbonyl (C=O) groups is 1. The van der Waals surface area contributed by atoms with Crippen LogP contribution in [0.4, 0.5) is 0 Å². The Morgan fingerprint density at radius 3 is 2.20 bits per heavy atom. The highest BCUT2D eigenvalue weighted by molar-refractivity contribution is 5.66. The molecule has 1 N–H and O–H groups in total. The minimum Gasteiger partial charge on any atom is -0.462 e. The molecule has 0 aromatic rings. The SMILES string of the molecule is C=C(C)C(O)CCC(=C)[C@H]1CC[C@]2(C)[C@@H]1CC[C@@H]1[C@@]3(C)CC[C@H](OC(C)=O)C(C)(C)C3CC[C@]12C. The first-order chi connectivity index (χ1) is 16.2. The zero-order valence-corrected chi connectivity index (χ0v) is 23.7. The molecule has 0 amide bonds. The van der Waals surface area contributed by atoms with Gasteiger partial charge in [-0.05, 0) is 111 Å². The summed E-state index contributed by atoms with van der Waals surface area (Å²) >= 11 is 0. The summed E-state index contributed by atoms with van der Waals surface area (Å²) in [5, 5.41) is 10.3. The second-order valence-electron chi connectivity index (χ2n) is 14.3. The number of fused-ring (bicyclic) bond motifs is 5. The van der Waals surface area contributed by atoms with Gasteiger partial charge in [0.25, 0.3) is 0 Å². The molecule has 0 bridgehead atoms. The monoisotopic (exact) mass is 484 g/mol. The predicted octanol–water partition coefficient (Wildman–Crippen LogP) is 7.88. The number of carbonyl (C=O) groups excluding carboxylic acids is 1. The summed E-state index contributed by atoms with van der Waals surface area (Å²) in [6.45, 7) is 24.6. The van der Waals surface area contributed by atoms with Crippen LogP contribution in [0.25, 0.3) is 0 Å². The fourth-order valence-corrected chi connectivity index (χ4v) is 10.4. The van der Waals surface area contributed by atoms with E-state index in [1.165, 1.54) is 50.5 Å². The molecule has 4 aliphatic rings. The number of aliphatic hydroxyl groups excluding tert-OH is 1. The Bertz CT molecular complexity index is 872. The molecule has 4 aliphatic carbocycles. The van der Waals surface area contributed by atoms with Crippen LogP contribution in [-0.4, -0.2) is 23.3 Å². The quantitative estimate of drug-likeness (QED) is 0.308. The number of esters is 1. The van der Waals surface area contributed by atoms with E-state index in [0.717, 1.165) is 30.8 Å². The molecule has 0 aromatic heterocycles. The summed E-state index contributed by atoms with van der Waals surface area (Å²) in [6, 6.07) is 0. The van der Waals surface area contributed by atoms with Crippen LogP contribution in [0, 0.1) is 45.3 Å². The third-order valence-corrected chi connectivity index (χ3v) is 12.5. The van der Waals surface area contributed by atoms with Crippen LogP contribution >= 0.6 is 0 Å². The number of hydrogen-bond acceptors (Lipinski definition) is 3. The van der Waals surface area contributed by atoms with Gasteiger partial charge >= 0.3 is 5.97 Å². The number of rotatable bonds is 6. The maximum absolute atomic E-state index is 11.8.